The number of halogens is 2. The molecule has 2 unspecified atom stereocenters. The molecule has 0 spiro atoms. The van der Waals surface area contributed by atoms with Gasteiger partial charge in [0.1, 0.15) is 0 Å². The number of carbonyl (C=O) groups excluding carboxylic acids is 1. The maximum absolute atomic E-state index is 13.4. The molecule has 0 radical (unpaired) electrons. The van der Waals surface area contributed by atoms with E-state index in [-0.39, 0.29) is 17.9 Å². The van der Waals surface area contributed by atoms with Crippen molar-refractivity contribution in [3.05, 3.63) is 96.6 Å². The highest BCUT2D eigenvalue weighted by Gasteiger charge is 2.44. The molecule has 156 valence electrons. The predicted molar refractivity (Wildman–Crippen MR) is 134 cm³/mol. The van der Waals surface area contributed by atoms with Crippen LogP contribution in [-0.4, -0.2) is 16.6 Å². The third kappa shape index (κ3) is 4.21. The Morgan fingerprint density at radius 1 is 1.03 bits per heavy atom. The van der Waals surface area contributed by atoms with E-state index in [4.69, 9.17) is 5.10 Å². The number of nitrogens with zero attached hydrogens (tertiary/aromatic N) is 2. The van der Waals surface area contributed by atoms with E-state index in [2.05, 4.69) is 74.3 Å². The van der Waals surface area contributed by atoms with Crippen molar-refractivity contribution in [2.45, 2.75) is 25.3 Å². The minimum absolute atomic E-state index is 0.0205. The van der Waals surface area contributed by atoms with Crippen molar-refractivity contribution >= 4 is 60.9 Å². The predicted octanol–water partition coefficient (Wildman–Crippen LogP) is 7.71. The molecule has 1 aliphatic carbocycles. The van der Waals surface area contributed by atoms with Crippen molar-refractivity contribution in [2.75, 3.05) is 0 Å². The molecule has 31 heavy (non-hydrogen) atoms. The SMILES string of the molecule is O=C(c1cccs1)N1N=C2/C(=C/c3ccc(Br)cc3)CCCC2C1c1ccc(Br)cc1. The minimum atomic E-state index is -0.0775. The quantitative estimate of drug-likeness (QED) is 0.325. The van der Waals surface area contributed by atoms with Crippen molar-refractivity contribution in [3.8, 4) is 0 Å². The molecule has 1 aromatic heterocycles. The smallest absolute Gasteiger partial charge is 0.266 e. The normalized spacial score (nSPS) is 21.8. The van der Waals surface area contributed by atoms with Gasteiger partial charge in [0.05, 0.1) is 16.6 Å². The second kappa shape index (κ2) is 8.85. The van der Waals surface area contributed by atoms with E-state index < -0.39 is 0 Å². The zero-order valence-electron chi connectivity index (χ0n) is 16.7. The van der Waals surface area contributed by atoms with E-state index in [1.807, 2.05) is 29.6 Å². The maximum atomic E-state index is 13.4. The summed E-state index contributed by atoms with van der Waals surface area (Å²) in [6.07, 6.45) is 5.35. The zero-order valence-corrected chi connectivity index (χ0v) is 20.7. The molecule has 6 heteroatoms. The average molecular weight is 556 g/mol. The summed E-state index contributed by atoms with van der Waals surface area (Å²) in [4.78, 5) is 14.1. The summed E-state index contributed by atoms with van der Waals surface area (Å²) in [6, 6.07) is 20.4. The third-order valence-corrected chi connectivity index (χ3v) is 7.78. The van der Waals surface area contributed by atoms with Crippen LogP contribution in [0.1, 0.15) is 46.1 Å². The molecule has 1 saturated carbocycles. The number of hydrogen-bond donors (Lipinski definition) is 0. The highest BCUT2D eigenvalue weighted by Crippen LogP contribution is 2.45. The van der Waals surface area contributed by atoms with Gasteiger partial charge in [-0.05, 0) is 77.8 Å². The maximum Gasteiger partial charge on any atom is 0.284 e. The first kappa shape index (κ1) is 20.9. The van der Waals surface area contributed by atoms with E-state index in [0.29, 0.717) is 0 Å². The van der Waals surface area contributed by atoms with Gasteiger partial charge in [-0.25, -0.2) is 5.01 Å². The fraction of sp³-hybridized carbons (Fsp3) is 0.200. The number of carbonyl (C=O) groups is 1. The second-order valence-corrected chi connectivity index (χ2v) is 10.6. The number of benzene rings is 2. The van der Waals surface area contributed by atoms with Gasteiger partial charge in [0.15, 0.2) is 0 Å². The highest BCUT2D eigenvalue weighted by atomic mass is 79.9. The molecular formula is C25H20Br2N2OS. The Bertz CT molecular complexity index is 1150. The Labute approximate surface area is 202 Å². The second-order valence-electron chi connectivity index (χ2n) is 7.83. The number of allylic oxidation sites excluding steroid dienone is 1. The molecule has 1 fully saturated rings. The van der Waals surface area contributed by atoms with Gasteiger partial charge in [0.2, 0.25) is 0 Å². The lowest BCUT2D eigenvalue weighted by Gasteiger charge is -2.29. The van der Waals surface area contributed by atoms with Crippen LogP contribution in [0.25, 0.3) is 6.08 Å². The topological polar surface area (TPSA) is 32.7 Å². The van der Waals surface area contributed by atoms with E-state index >= 15 is 0 Å². The first-order valence-electron chi connectivity index (χ1n) is 10.3. The largest absolute Gasteiger partial charge is 0.284 e. The van der Waals surface area contributed by atoms with Crippen molar-refractivity contribution < 1.29 is 4.79 Å². The molecule has 2 atom stereocenters. The first-order chi connectivity index (χ1) is 15.1. The molecule has 2 aliphatic rings. The summed E-state index contributed by atoms with van der Waals surface area (Å²) in [5.41, 5.74) is 4.58. The molecule has 0 saturated heterocycles. The number of rotatable bonds is 3. The number of thiophene rings is 1. The standard InChI is InChI=1S/C25H20Br2N2OS/c26-19-10-6-16(7-11-19)15-18-3-1-4-21-23(18)28-29(25(30)22-5-2-14-31-22)24(21)17-8-12-20(27)13-9-17/h2,5-15,21,24H,1,3-4H2/b18-15+. The van der Waals surface area contributed by atoms with Crippen molar-refractivity contribution in [3.63, 3.8) is 0 Å². The fourth-order valence-electron chi connectivity index (χ4n) is 4.43. The first-order valence-corrected chi connectivity index (χ1v) is 12.7. The van der Waals surface area contributed by atoms with Crippen LogP contribution < -0.4 is 0 Å². The van der Waals surface area contributed by atoms with Gasteiger partial charge in [0, 0.05) is 14.9 Å². The molecule has 3 nitrogen and oxygen atoms in total. The number of hydrazone groups is 1. The van der Waals surface area contributed by atoms with Crippen molar-refractivity contribution in [1.82, 2.24) is 5.01 Å². The fourth-order valence-corrected chi connectivity index (χ4v) is 5.62. The van der Waals surface area contributed by atoms with Crippen molar-refractivity contribution in [2.24, 2.45) is 11.0 Å². The third-order valence-electron chi connectivity index (χ3n) is 5.86. The van der Waals surface area contributed by atoms with Gasteiger partial charge < -0.3 is 0 Å². The van der Waals surface area contributed by atoms with Crippen LogP contribution in [0.15, 0.2) is 85.7 Å². The van der Waals surface area contributed by atoms with Gasteiger partial charge >= 0.3 is 0 Å². The van der Waals surface area contributed by atoms with E-state index in [1.165, 1.54) is 16.9 Å². The van der Waals surface area contributed by atoms with Gasteiger partial charge in [-0.3, -0.25) is 4.79 Å². The van der Waals surface area contributed by atoms with Gasteiger partial charge in [0.25, 0.3) is 5.91 Å². The summed E-state index contributed by atoms with van der Waals surface area (Å²) < 4.78 is 2.10. The molecule has 5 rings (SSSR count). The van der Waals surface area contributed by atoms with Gasteiger partial charge in [-0.15, -0.1) is 11.3 Å². The molecule has 1 aliphatic heterocycles. The van der Waals surface area contributed by atoms with Crippen LogP contribution in [-0.2, 0) is 0 Å². The lowest BCUT2D eigenvalue weighted by atomic mass is 9.77. The molecule has 2 heterocycles. The van der Waals surface area contributed by atoms with Crippen LogP contribution >= 0.6 is 43.2 Å². The van der Waals surface area contributed by atoms with Crippen LogP contribution in [0.4, 0.5) is 0 Å². The van der Waals surface area contributed by atoms with E-state index in [0.717, 1.165) is 49.9 Å². The Balaban J connectivity index is 1.57. The highest BCUT2D eigenvalue weighted by molar-refractivity contribution is 9.10. The summed E-state index contributed by atoms with van der Waals surface area (Å²) in [5, 5.41) is 8.63. The number of fused-ring (bicyclic) bond motifs is 1. The Hall–Kier alpha value is -2.02. The zero-order chi connectivity index (χ0) is 21.4. The summed E-state index contributed by atoms with van der Waals surface area (Å²) in [5.74, 6) is 0.188. The van der Waals surface area contributed by atoms with Gasteiger partial charge in [-0.2, -0.15) is 5.10 Å². The summed E-state index contributed by atoms with van der Waals surface area (Å²) >= 11 is 8.50. The number of amides is 1. The monoisotopic (exact) mass is 554 g/mol. The molecule has 1 amide bonds. The van der Waals surface area contributed by atoms with E-state index in [9.17, 15) is 4.79 Å². The number of hydrogen-bond acceptors (Lipinski definition) is 3. The van der Waals surface area contributed by atoms with Gasteiger partial charge in [-0.1, -0.05) is 62.2 Å². The van der Waals surface area contributed by atoms with Crippen LogP contribution in [0.5, 0.6) is 0 Å². The summed E-state index contributed by atoms with van der Waals surface area (Å²) in [6.45, 7) is 0. The molecule has 2 aromatic carbocycles. The lowest BCUT2D eigenvalue weighted by molar-refractivity contribution is 0.0686. The minimum Gasteiger partial charge on any atom is -0.266 e. The van der Waals surface area contributed by atoms with Crippen LogP contribution in [0.3, 0.4) is 0 Å². The Morgan fingerprint density at radius 2 is 1.74 bits per heavy atom. The van der Waals surface area contributed by atoms with Crippen LogP contribution in [0, 0.1) is 5.92 Å². The van der Waals surface area contributed by atoms with Crippen molar-refractivity contribution in [1.29, 1.82) is 0 Å². The average Bonchev–Trinajstić information content (AvgIpc) is 3.44. The Kier molecular flexibility index (Phi) is 5.95. The lowest BCUT2D eigenvalue weighted by Crippen LogP contribution is -2.31. The van der Waals surface area contributed by atoms with E-state index in [1.54, 1.807) is 5.01 Å². The molecule has 0 N–H and O–H groups in total. The summed E-state index contributed by atoms with van der Waals surface area (Å²) in [7, 11) is 0. The Morgan fingerprint density at radius 3 is 2.42 bits per heavy atom. The molecule has 0 bridgehead atoms. The molecular weight excluding hydrogens is 536 g/mol. The van der Waals surface area contributed by atoms with Crippen LogP contribution in [0.2, 0.25) is 0 Å². The molecule has 3 aromatic rings.